The van der Waals surface area contributed by atoms with Crippen LogP contribution in [0, 0.1) is 12.3 Å². The first-order chi connectivity index (χ1) is 11.6. The Kier molecular flexibility index (Phi) is 4.54. The van der Waals surface area contributed by atoms with E-state index in [1.165, 1.54) is 16.3 Å². The Morgan fingerprint density at radius 3 is 2.75 bits per heavy atom. The van der Waals surface area contributed by atoms with Crippen LogP contribution >= 0.6 is 11.8 Å². The Bertz CT molecular complexity index is 1030. The van der Waals surface area contributed by atoms with Gasteiger partial charge in [-0.1, -0.05) is 41.9 Å². The van der Waals surface area contributed by atoms with Gasteiger partial charge in [-0.05, 0) is 22.9 Å². The summed E-state index contributed by atoms with van der Waals surface area (Å²) in [6.45, 7) is 0.190. The van der Waals surface area contributed by atoms with Gasteiger partial charge in [-0.2, -0.15) is 0 Å². The number of nitrogens with one attached hydrogen (secondary N) is 1. The van der Waals surface area contributed by atoms with E-state index in [1.807, 2.05) is 36.4 Å². The molecule has 1 N–H and O–H groups in total. The van der Waals surface area contributed by atoms with Crippen LogP contribution in [0.1, 0.15) is 0 Å². The SMILES string of the molecule is C#CCNC(=O)CSc1nc2cc3ccccc3cc2c(=O)n1C. The fourth-order valence-corrected chi connectivity index (χ4v) is 3.20. The van der Waals surface area contributed by atoms with Gasteiger partial charge in [0.2, 0.25) is 5.91 Å². The molecule has 0 spiro atoms. The molecule has 1 heterocycles. The topological polar surface area (TPSA) is 64.0 Å². The Balaban J connectivity index is 1.99. The van der Waals surface area contributed by atoms with E-state index in [-0.39, 0.29) is 23.8 Å². The third-order valence-corrected chi connectivity index (χ3v) is 4.65. The quantitative estimate of drug-likeness (QED) is 0.342. The molecule has 0 saturated carbocycles. The lowest BCUT2D eigenvalue weighted by Gasteiger charge is -2.09. The zero-order valence-corrected chi connectivity index (χ0v) is 13.9. The maximum Gasteiger partial charge on any atom is 0.261 e. The number of hydrogen-bond donors (Lipinski definition) is 1. The van der Waals surface area contributed by atoms with Crippen molar-refractivity contribution < 1.29 is 4.79 Å². The largest absolute Gasteiger partial charge is 0.344 e. The summed E-state index contributed by atoms with van der Waals surface area (Å²) in [6, 6.07) is 11.6. The van der Waals surface area contributed by atoms with E-state index < -0.39 is 0 Å². The molecule has 0 aliphatic heterocycles. The molecule has 0 atom stereocenters. The van der Waals surface area contributed by atoms with Crippen molar-refractivity contribution in [2.24, 2.45) is 7.05 Å². The lowest BCUT2D eigenvalue weighted by molar-refractivity contribution is -0.118. The van der Waals surface area contributed by atoms with E-state index in [0.717, 1.165) is 10.8 Å². The molecule has 0 fully saturated rings. The Morgan fingerprint density at radius 1 is 1.33 bits per heavy atom. The van der Waals surface area contributed by atoms with E-state index in [4.69, 9.17) is 6.42 Å². The molecule has 0 bridgehead atoms. The van der Waals surface area contributed by atoms with Crippen LogP contribution in [0.15, 0.2) is 46.3 Å². The summed E-state index contributed by atoms with van der Waals surface area (Å²) in [7, 11) is 1.66. The second-order valence-corrected chi connectivity index (χ2v) is 6.19. The molecule has 0 unspecified atom stereocenters. The lowest BCUT2D eigenvalue weighted by atomic mass is 10.1. The van der Waals surface area contributed by atoms with Crippen LogP contribution in [-0.2, 0) is 11.8 Å². The van der Waals surface area contributed by atoms with Gasteiger partial charge in [-0.25, -0.2) is 4.98 Å². The third-order valence-electron chi connectivity index (χ3n) is 3.62. The Hall–Kier alpha value is -2.78. The molecule has 2 aromatic carbocycles. The highest BCUT2D eigenvalue weighted by Gasteiger charge is 2.11. The highest BCUT2D eigenvalue weighted by atomic mass is 32.2. The molecule has 3 aromatic rings. The molecule has 5 nitrogen and oxygen atoms in total. The first-order valence-electron chi connectivity index (χ1n) is 7.32. The van der Waals surface area contributed by atoms with Crippen LogP contribution in [0.25, 0.3) is 21.7 Å². The van der Waals surface area contributed by atoms with Crippen LogP contribution in [0.5, 0.6) is 0 Å². The zero-order valence-electron chi connectivity index (χ0n) is 13.1. The van der Waals surface area contributed by atoms with Crippen molar-refractivity contribution in [2.75, 3.05) is 12.3 Å². The van der Waals surface area contributed by atoms with Crippen LogP contribution in [0.4, 0.5) is 0 Å². The van der Waals surface area contributed by atoms with Crippen molar-refractivity contribution in [1.82, 2.24) is 14.9 Å². The van der Waals surface area contributed by atoms with Crippen molar-refractivity contribution in [3.63, 3.8) is 0 Å². The maximum absolute atomic E-state index is 12.6. The van der Waals surface area contributed by atoms with Crippen molar-refractivity contribution >= 4 is 39.3 Å². The number of nitrogens with zero attached hydrogens (tertiary/aromatic N) is 2. The minimum absolute atomic E-state index is 0.128. The molecular weight excluding hydrogens is 322 g/mol. The smallest absolute Gasteiger partial charge is 0.261 e. The average Bonchev–Trinajstić information content (AvgIpc) is 2.60. The minimum atomic E-state index is -0.189. The molecule has 0 saturated heterocycles. The van der Waals surface area contributed by atoms with Gasteiger partial charge in [0.1, 0.15) is 0 Å². The van der Waals surface area contributed by atoms with Crippen molar-refractivity contribution in [2.45, 2.75) is 5.16 Å². The monoisotopic (exact) mass is 337 g/mol. The number of fused-ring (bicyclic) bond motifs is 2. The van der Waals surface area contributed by atoms with Crippen molar-refractivity contribution in [3.05, 3.63) is 46.8 Å². The van der Waals surface area contributed by atoms with E-state index in [9.17, 15) is 9.59 Å². The maximum atomic E-state index is 12.6. The fourth-order valence-electron chi connectivity index (χ4n) is 2.40. The molecule has 3 rings (SSSR count). The molecule has 24 heavy (non-hydrogen) atoms. The Morgan fingerprint density at radius 2 is 2.04 bits per heavy atom. The summed E-state index contributed by atoms with van der Waals surface area (Å²) in [4.78, 5) is 28.8. The number of aromatic nitrogens is 2. The van der Waals surface area contributed by atoms with Gasteiger partial charge in [0.15, 0.2) is 5.16 Å². The highest BCUT2D eigenvalue weighted by Crippen LogP contribution is 2.22. The number of carbonyl (C=O) groups excluding carboxylic acids is 1. The number of thioether (sulfide) groups is 1. The number of rotatable bonds is 4. The van der Waals surface area contributed by atoms with E-state index in [0.29, 0.717) is 16.1 Å². The number of hydrogen-bond acceptors (Lipinski definition) is 4. The second-order valence-electron chi connectivity index (χ2n) is 5.24. The van der Waals surface area contributed by atoms with Crippen molar-refractivity contribution in [3.8, 4) is 12.3 Å². The number of amides is 1. The van der Waals surface area contributed by atoms with Crippen molar-refractivity contribution in [1.29, 1.82) is 0 Å². The summed E-state index contributed by atoms with van der Waals surface area (Å²) >= 11 is 1.21. The first kappa shape index (κ1) is 16.1. The molecule has 1 amide bonds. The average molecular weight is 337 g/mol. The second kappa shape index (κ2) is 6.77. The van der Waals surface area contributed by atoms with Gasteiger partial charge in [0, 0.05) is 7.05 Å². The first-order valence-corrected chi connectivity index (χ1v) is 8.31. The molecule has 6 heteroatoms. The van der Waals surface area contributed by atoms with Crippen LogP contribution in [0.2, 0.25) is 0 Å². The predicted octanol–water partition coefficient (Wildman–Crippen LogP) is 1.93. The third kappa shape index (κ3) is 3.12. The number of carbonyl (C=O) groups is 1. The summed E-state index contributed by atoms with van der Waals surface area (Å²) in [5.41, 5.74) is 0.501. The normalized spacial score (nSPS) is 10.7. The lowest BCUT2D eigenvalue weighted by Crippen LogP contribution is -2.26. The Labute approximate surface area is 143 Å². The number of benzene rings is 2. The van der Waals surface area contributed by atoms with E-state index in [1.54, 1.807) is 7.05 Å². The number of terminal acetylenes is 1. The minimum Gasteiger partial charge on any atom is -0.344 e. The van der Waals surface area contributed by atoms with Crippen LogP contribution < -0.4 is 10.9 Å². The predicted molar refractivity (Wildman–Crippen MR) is 97.1 cm³/mol. The summed E-state index contributed by atoms with van der Waals surface area (Å²) < 4.78 is 1.47. The van der Waals surface area contributed by atoms with Gasteiger partial charge < -0.3 is 5.32 Å². The molecule has 0 aliphatic carbocycles. The molecule has 1 aromatic heterocycles. The van der Waals surface area contributed by atoms with Crippen LogP contribution in [0.3, 0.4) is 0 Å². The summed E-state index contributed by atoms with van der Waals surface area (Å²) in [6.07, 6.45) is 5.11. The standard InChI is InChI=1S/C18H15N3O2S/c1-3-8-19-16(22)11-24-18-20-15-10-13-7-5-4-6-12(13)9-14(15)17(23)21(18)2/h1,4-7,9-10H,8,11H2,2H3,(H,19,22). The zero-order chi connectivity index (χ0) is 17.1. The summed E-state index contributed by atoms with van der Waals surface area (Å²) in [5.74, 6) is 2.31. The van der Waals surface area contributed by atoms with Gasteiger partial charge in [-0.15, -0.1) is 6.42 Å². The van der Waals surface area contributed by atoms with Gasteiger partial charge >= 0.3 is 0 Å². The molecular formula is C18H15N3O2S. The van der Waals surface area contributed by atoms with Gasteiger partial charge in [0.05, 0.1) is 23.2 Å². The fraction of sp³-hybridized carbons (Fsp3) is 0.167. The highest BCUT2D eigenvalue weighted by molar-refractivity contribution is 7.99. The summed E-state index contributed by atoms with van der Waals surface area (Å²) in [5, 5.41) is 5.67. The van der Waals surface area contributed by atoms with Gasteiger partial charge in [-0.3, -0.25) is 14.2 Å². The molecule has 0 aliphatic rings. The van der Waals surface area contributed by atoms with Gasteiger partial charge in [0.25, 0.3) is 5.56 Å². The molecule has 0 radical (unpaired) electrons. The van der Waals surface area contributed by atoms with Crippen LogP contribution in [-0.4, -0.2) is 27.8 Å². The van der Waals surface area contributed by atoms with E-state index >= 15 is 0 Å². The van der Waals surface area contributed by atoms with E-state index in [2.05, 4.69) is 16.2 Å². The molecule has 120 valence electrons.